The van der Waals surface area contributed by atoms with Crippen LogP contribution in [0.15, 0.2) is 30.5 Å². The lowest BCUT2D eigenvalue weighted by Gasteiger charge is -2.31. The molecule has 2 amide bonds. The van der Waals surface area contributed by atoms with E-state index in [0.717, 1.165) is 5.56 Å². The number of hydrogen-bond donors (Lipinski definition) is 2. The van der Waals surface area contributed by atoms with Crippen LogP contribution in [0.5, 0.6) is 0 Å². The van der Waals surface area contributed by atoms with E-state index in [1.807, 2.05) is 4.90 Å². The summed E-state index contributed by atoms with van der Waals surface area (Å²) in [4.78, 5) is 41.9. The number of pyridine rings is 1. The summed E-state index contributed by atoms with van der Waals surface area (Å²) in [6, 6.07) is 6.73. The fraction of sp³-hybridized carbons (Fsp3) is 0.333. The van der Waals surface area contributed by atoms with E-state index in [-0.39, 0.29) is 5.92 Å². The summed E-state index contributed by atoms with van der Waals surface area (Å²) in [7, 11) is 0. The Labute approximate surface area is 189 Å². The molecule has 2 aromatic rings. The van der Waals surface area contributed by atoms with Crippen LogP contribution in [0.3, 0.4) is 0 Å². The first-order valence-electron chi connectivity index (χ1n) is 9.68. The van der Waals surface area contributed by atoms with E-state index in [2.05, 4.69) is 10.3 Å². The van der Waals surface area contributed by atoms with Crippen molar-refractivity contribution >= 4 is 52.5 Å². The quantitative estimate of drug-likeness (QED) is 0.634. The number of esters is 1. The SMILES string of the molecule is Cc1ccc(Cl)c(NC(=O)COC(=O)C2CCN(c3ccc(C(N)=O)cn3)CC2)c1Cl. The number of ether oxygens (including phenoxy) is 1. The molecular formula is C21H22Cl2N4O4. The standard InChI is InChI=1S/C21H22Cl2N4O4/c1-12-2-4-15(22)19(18(12)23)26-17(28)11-31-21(30)13-6-8-27(9-7-13)16-5-3-14(10-25-16)20(24)29/h2-5,10,13H,6-9,11H2,1H3,(H2,24,29)(H,26,28). The average molecular weight is 465 g/mol. The van der Waals surface area contributed by atoms with Crippen LogP contribution in [0.2, 0.25) is 10.0 Å². The number of hydrogen-bond acceptors (Lipinski definition) is 6. The van der Waals surface area contributed by atoms with Gasteiger partial charge in [-0.3, -0.25) is 14.4 Å². The summed E-state index contributed by atoms with van der Waals surface area (Å²) in [6.45, 7) is 2.57. The normalized spacial score (nSPS) is 14.2. The number of carbonyl (C=O) groups is 3. The maximum absolute atomic E-state index is 12.4. The predicted molar refractivity (Wildman–Crippen MR) is 118 cm³/mol. The van der Waals surface area contributed by atoms with E-state index in [0.29, 0.717) is 53.0 Å². The third kappa shape index (κ3) is 5.65. The third-order valence-corrected chi connectivity index (χ3v) is 5.88. The van der Waals surface area contributed by atoms with E-state index >= 15 is 0 Å². The van der Waals surface area contributed by atoms with E-state index < -0.39 is 24.4 Å². The Kier molecular flexibility index (Phi) is 7.35. The minimum absolute atomic E-state index is 0.299. The highest BCUT2D eigenvalue weighted by Crippen LogP contribution is 2.32. The number of nitrogens with zero attached hydrogens (tertiary/aromatic N) is 2. The molecular weight excluding hydrogens is 443 g/mol. The van der Waals surface area contributed by atoms with Crippen molar-refractivity contribution < 1.29 is 19.1 Å². The van der Waals surface area contributed by atoms with Gasteiger partial charge in [0, 0.05) is 19.3 Å². The number of nitrogens with two attached hydrogens (primary N) is 1. The maximum atomic E-state index is 12.4. The number of aryl methyl sites for hydroxylation is 1. The fourth-order valence-corrected chi connectivity index (χ4v) is 3.73. The van der Waals surface area contributed by atoms with Crippen LogP contribution in [-0.2, 0) is 14.3 Å². The van der Waals surface area contributed by atoms with Crippen molar-refractivity contribution in [2.45, 2.75) is 19.8 Å². The molecule has 0 saturated carbocycles. The zero-order chi connectivity index (χ0) is 22.5. The minimum Gasteiger partial charge on any atom is -0.455 e. The molecule has 8 nitrogen and oxygen atoms in total. The van der Waals surface area contributed by atoms with Crippen molar-refractivity contribution in [2.75, 3.05) is 29.9 Å². The second-order valence-corrected chi connectivity index (χ2v) is 8.02. The number of piperidine rings is 1. The number of nitrogens with one attached hydrogen (secondary N) is 1. The largest absolute Gasteiger partial charge is 0.455 e. The summed E-state index contributed by atoms with van der Waals surface area (Å²) < 4.78 is 5.19. The summed E-state index contributed by atoms with van der Waals surface area (Å²) in [5.41, 5.74) is 6.63. The molecule has 1 aliphatic rings. The Bertz CT molecular complexity index is 990. The van der Waals surface area contributed by atoms with Crippen molar-refractivity contribution in [1.82, 2.24) is 4.98 Å². The molecule has 10 heteroatoms. The molecule has 0 bridgehead atoms. The van der Waals surface area contributed by atoms with Gasteiger partial charge in [0.15, 0.2) is 6.61 Å². The molecule has 1 aliphatic heterocycles. The number of primary amides is 1. The predicted octanol–water partition coefficient (Wildman–Crippen LogP) is 3.19. The molecule has 1 aromatic carbocycles. The van der Waals surface area contributed by atoms with Crippen LogP contribution in [0.25, 0.3) is 0 Å². The first-order chi connectivity index (χ1) is 14.8. The van der Waals surface area contributed by atoms with Gasteiger partial charge in [-0.25, -0.2) is 4.98 Å². The number of benzene rings is 1. The number of aromatic nitrogens is 1. The topological polar surface area (TPSA) is 115 Å². The Morgan fingerprint density at radius 3 is 2.52 bits per heavy atom. The van der Waals surface area contributed by atoms with Crippen LogP contribution < -0.4 is 16.0 Å². The molecule has 0 unspecified atom stereocenters. The van der Waals surface area contributed by atoms with Gasteiger partial charge in [-0.2, -0.15) is 0 Å². The monoisotopic (exact) mass is 464 g/mol. The lowest BCUT2D eigenvalue weighted by molar-refractivity contribution is -0.152. The van der Waals surface area contributed by atoms with Crippen molar-refractivity contribution in [3.05, 3.63) is 51.6 Å². The smallest absolute Gasteiger partial charge is 0.309 e. The van der Waals surface area contributed by atoms with Crippen LogP contribution >= 0.6 is 23.2 Å². The Morgan fingerprint density at radius 1 is 1.19 bits per heavy atom. The van der Waals surface area contributed by atoms with Crippen molar-refractivity contribution in [3.63, 3.8) is 0 Å². The number of rotatable bonds is 6. The molecule has 164 valence electrons. The molecule has 1 fully saturated rings. The fourth-order valence-electron chi connectivity index (χ4n) is 3.26. The molecule has 1 aromatic heterocycles. The van der Waals surface area contributed by atoms with Crippen LogP contribution in [0, 0.1) is 12.8 Å². The first kappa shape index (κ1) is 22.8. The molecule has 0 spiro atoms. The average Bonchev–Trinajstić information content (AvgIpc) is 2.78. The van der Waals surface area contributed by atoms with Gasteiger partial charge >= 0.3 is 5.97 Å². The highest BCUT2D eigenvalue weighted by molar-refractivity contribution is 6.40. The van der Waals surface area contributed by atoms with Gasteiger partial charge in [-0.05, 0) is 43.5 Å². The summed E-state index contributed by atoms with van der Waals surface area (Å²) in [5, 5.41) is 3.24. The molecule has 0 aliphatic carbocycles. The number of halogens is 2. The highest BCUT2D eigenvalue weighted by atomic mass is 35.5. The zero-order valence-corrected chi connectivity index (χ0v) is 18.4. The van der Waals surface area contributed by atoms with Gasteiger partial charge in [-0.15, -0.1) is 0 Å². The van der Waals surface area contributed by atoms with Crippen molar-refractivity contribution in [2.24, 2.45) is 11.7 Å². The van der Waals surface area contributed by atoms with Crippen LogP contribution in [0.1, 0.15) is 28.8 Å². The lowest BCUT2D eigenvalue weighted by Crippen LogP contribution is -2.38. The van der Waals surface area contributed by atoms with Gasteiger partial charge in [0.05, 0.1) is 27.2 Å². The van der Waals surface area contributed by atoms with Crippen LogP contribution in [-0.4, -0.2) is 42.5 Å². The van der Waals surface area contributed by atoms with E-state index in [4.69, 9.17) is 33.7 Å². The lowest BCUT2D eigenvalue weighted by atomic mass is 9.97. The molecule has 3 rings (SSSR count). The summed E-state index contributed by atoms with van der Waals surface area (Å²) in [5.74, 6) is -1.06. The van der Waals surface area contributed by atoms with E-state index in [9.17, 15) is 14.4 Å². The number of carbonyl (C=O) groups excluding carboxylic acids is 3. The van der Waals surface area contributed by atoms with Gasteiger partial charge in [0.2, 0.25) is 5.91 Å². The van der Waals surface area contributed by atoms with Gasteiger partial charge in [0.1, 0.15) is 5.82 Å². The van der Waals surface area contributed by atoms with E-state index in [1.165, 1.54) is 6.20 Å². The second-order valence-electron chi connectivity index (χ2n) is 7.24. The van der Waals surface area contributed by atoms with Crippen molar-refractivity contribution in [1.29, 1.82) is 0 Å². The first-order valence-corrected chi connectivity index (χ1v) is 10.4. The highest BCUT2D eigenvalue weighted by Gasteiger charge is 2.27. The molecule has 2 heterocycles. The molecule has 0 atom stereocenters. The number of anilines is 2. The van der Waals surface area contributed by atoms with Crippen LogP contribution in [0.4, 0.5) is 11.5 Å². The zero-order valence-electron chi connectivity index (χ0n) is 16.9. The van der Waals surface area contributed by atoms with E-state index in [1.54, 1.807) is 31.2 Å². The molecule has 3 N–H and O–H groups in total. The van der Waals surface area contributed by atoms with Crippen molar-refractivity contribution in [3.8, 4) is 0 Å². The Hall–Kier alpha value is -2.84. The second kappa shape index (κ2) is 9.98. The van der Waals surface area contributed by atoms with Gasteiger partial charge in [-0.1, -0.05) is 29.3 Å². The van der Waals surface area contributed by atoms with Gasteiger partial charge < -0.3 is 20.7 Å². The Morgan fingerprint density at radius 2 is 1.90 bits per heavy atom. The molecule has 1 saturated heterocycles. The maximum Gasteiger partial charge on any atom is 0.309 e. The summed E-state index contributed by atoms with van der Waals surface area (Å²) in [6.07, 6.45) is 2.56. The molecule has 0 radical (unpaired) electrons. The third-order valence-electron chi connectivity index (χ3n) is 5.08. The summed E-state index contributed by atoms with van der Waals surface area (Å²) >= 11 is 12.3. The molecule has 31 heavy (non-hydrogen) atoms. The Balaban J connectivity index is 1.47. The minimum atomic E-state index is -0.531. The van der Waals surface area contributed by atoms with Gasteiger partial charge in [0.25, 0.3) is 5.91 Å². The number of amides is 2.